The van der Waals surface area contributed by atoms with Crippen LogP contribution >= 0.6 is 0 Å². The number of amides is 1. The molecule has 0 radical (unpaired) electrons. The molecule has 0 fully saturated rings. The molecular weight excluding hydrogens is 278 g/mol. The average Bonchev–Trinajstić information content (AvgIpc) is 2.24. The number of nitrogens with two attached hydrogens (primary N) is 2. The van der Waals surface area contributed by atoms with E-state index in [0.717, 1.165) is 0 Å². The fourth-order valence-corrected chi connectivity index (χ4v) is 0.858. The van der Waals surface area contributed by atoms with Gasteiger partial charge in [0.25, 0.3) is 0 Å². The molecule has 1 amide bonds. The highest BCUT2D eigenvalue weighted by Crippen LogP contribution is 1.97. The van der Waals surface area contributed by atoms with Crippen molar-refractivity contribution in [3.05, 3.63) is 0 Å². The minimum atomic E-state index is -1.29. The smallest absolute Gasteiger partial charge is 0.321 e. The second kappa shape index (κ2) is 9.66. The van der Waals surface area contributed by atoms with Gasteiger partial charge in [-0.05, 0) is 0 Å². The lowest BCUT2D eigenvalue weighted by Gasteiger charge is -2.16. The highest BCUT2D eigenvalue weighted by molar-refractivity contribution is 5.84. The minimum absolute atomic E-state index is 0.483. The first kappa shape index (κ1) is 20.1. The number of nitrogens with zero attached hydrogens (tertiary/aromatic N) is 1. The summed E-state index contributed by atoms with van der Waals surface area (Å²) in [7, 11) is 1.17. The van der Waals surface area contributed by atoms with Gasteiger partial charge in [-0.3, -0.25) is 19.2 Å². The Balaban J connectivity index is 0. The summed E-state index contributed by atoms with van der Waals surface area (Å²) in [4.78, 5) is 40.1. The molecule has 0 heterocycles. The summed E-state index contributed by atoms with van der Waals surface area (Å²) in [5, 5.41) is 33.5. The molecule has 116 valence electrons. The summed E-state index contributed by atoms with van der Waals surface area (Å²) in [5.74, 6) is -4.55. The van der Waals surface area contributed by atoms with Crippen LogP contribution in [-0.2, 0) is 19.2 Å². The van der Waals surface area contributed by atoms with Crippen molar-refractivity contribution in [1.29, 1.82) is 0 Å². The number of rotatable bonds is 7. The first-order chi connectivity index (χ1) is 8.98. The summed E-state index contributed by atoms with van der Waals surface area (Å²) in [6.07, 6.45) is -1.03. The zero-order chi connectivity index (χ0) is 16.5. The molecule has 0 aliphatic carbocycles. The van der Waals surface area contributed by atoms with Crippen LogP contribution in [0.2, 0.25) is 0 Å². The van der Waals surface area contributed by atoms with Gasteiger partial charge in [0.2, 0.25) is 5.91 Å². The van der Waals surface area contributed by atoms with Gasteiger partial charge in [-0.25, -0.2) is 0 Å². The number of carbonyl (C=O) groups is 4. The molecular formula is C9H17N3O8. The number of carboxylic acid groups (broad SMARTS) is 3. The lowest BCUT2D eigenvalue weighted by Crippen LogP contribution is -2.42. The van der Waals surface area contributed by atoms with Crippen LogP contribution in [0.1, 0.15) is 12.8 Å². The van der Waals surface area contributed by atoms with Crippen LogP contribution < -0.4 is 11.5 Å². The quantitative estimate of drug-likeness (QED) is 0.272. The lowest BCUT2D eigenvalue weighted by atomic mass is 10.2. The van der Waals surface area contributed by atoms with Crippen molar-refractivity contribution in [3.63, 3.8) is 0 Å². The number of aliphatic carboxylic acids is 3. The Hall–Kier alpha value is -2.24. The third-order valence-electron chi connectivity index (χ3n) is 1.86. The van der Waals surface area contributed by atoms with E-state index in [4.69, 9.17) is 32.0 Å². The average molecular weight is 295 g/mol. The molecule has 11 nitrogen and oxygen atoms in total. The number of hydrogen-bond acceptors (Lipinski definition) is 7. The Morgan fingerprint density at radius 2 is 1.45 bits per heavy atom. The second-order valence-electron chi connectivity index (χ2n) is 3.63. The molecule has 0 bridgehead atoms. The van der Waals surface area contributed by atoms with E-state index >= 15 is 0 Å². The molecule has 0 spiro atoms. The number of likely N-dealkylation sites (N-methyl/N-ethyl adjacent to an activating group) is 1. The van der Waals surface area contributed by atoms with Gasteiger partial charge in [-0.1, -0.05) is 0 Å². The predicted molar refractivity (Wildman–Crippen MR) is 62.6 cm³/mol. The highest BCUT2D eigenvalue weighted by Gasteiger charge is 2.22. The van der Waals surface area contributed by atoms with Gasteiger partial charge in [0.05, 0.1) is 12.8 Å². The van der Waals surface area contributed by atoms with Crippen molar-refractivity contribution in [1.82, 2.24) is 5.06 Å². The third-order valence-corrected chi connectivity index (χ3v) is 1.86. The zero-order valence-electron chi connectivity index (χ0n) is 10.6. The molecule has 0 rings (SSSR count). The van der Waals surface area contributed by atoms with E-state index in [1.54, 1.807) is 0 Å². The summed E-state index contributed by atoms with van der Waals surface area (Å²) >= 11 is 0. The van der Waals surface area contributed by atoms with E-state index in [1.807, 2.05) is 0 Å². The predicted octanol–water partition coefficient (Wildman–Crippen LogP) is -2.49. The fourth-order valence-electron chi connectivity index (χ4n) is 0.858. The first-order valence-corrected chi connectivity index (χ1v) is 5.12. The van der Waals surface area contributed by atoms with Crippen LogP contribution in [-0.4, -0.2) is 68.5 Å². The maximum absolute atomic E-state index is 10.4. The van der Waals surface area contributed by atoms with Crippen molar-refractivity contribution < 1.29 is 39.7 Å². The van der Waals surface area contributed by atoms with Crippen molar-refractivity contribution in [2.75, 3.05) is 7.05 Å². The minimum Gasteiger partial charge on any atom is -0.481 e. The summed E-state index contributed by atoms with van der Waals surface area (Å²) in [6, 6.07) is -2.45. The first-order valence-electron chi connectivity index (χ1n) is 5.12. The van der Waals surface area contributed by atoms with Gasteiger partial charge >= 0.3 is 17.9 Å². The standard InChI is InChI=1S/C5H10N2O4.C4H7NO4/c1-7(11)3(5(6)10)2-4(8)9;5-2(4(8)9)1-3(6)7/h3,11H,2H2,1H3,(H2,6,10)(H,8,9);2H,1,5H2,(H,6,7)(H,8,9)/t3-;2-/m00/s1. The van der Waals surface area contributed by atoms with Crippen molar-refractivity contribution >= 4 is 23.8 Å². The molecule has 0 aliphatic heterocycles. The topological polar surface area (TPSA) is 204 Å². The molecule has 11 heteroatoms. The maximum atomic E-state index is 10.4. The molecule has 0 saturated carbocycles. The highest BCUT2D eigenvalue weighted by atomic mass is 16.5. The Kier molecular flexibility index (Phi) is 9.70. The van der Waals surface area contributed by atoms with Crippen LogP contribution in [0.3, 0.4) is 0 Å². The number of primary amides is 1. The van der Waals surface area contributed by atoms with Gasteiger partial charge in [0.15, 0.2) is 0 Å². The summed E-state index contributed by atoms with van der Waals surface area (Å²) in [5.41, 5.74) is 9.62. The molecule has 2 atom stereocenters. The van der Waals surface area contributed by atoms with Crippen LogP contribution in [0, 0.1) is 0 Å². The molecule has 0 aliphatic rings. The summed E-state index contributed by atoms with van der Waals surface area (Å²) in [6.45, 7) is 0. The van der Waals surface area contributed by atoms with E-state index in [1.165, 1.54) is 7.05 Å². The molecule has 0 saturated heterocycles. The van der Waals surface area contributed by atoms with Gasteiger partial charge in [0.1, 0.15) is 12.1 Å². The lowest BCUT2D eigenvalue weighted by molar-refractivity contribution is -0.155. The van der Waals surface area contributed by atoms with Crippen molar-refractivity contribution in [2.24, 2.45) is 11.5 Å². The third kappa shape index (κ3) is 10.9. The van der Waals surface area contributed by atoms with Crippen LogP contribution in [0.5, 0.6) is 0 Å². The largest absolute Gasteiger partial charge is 0.481 e. The summed E-state index contributed by atoms with van der Waals surface area (Å²) < 4.78 is 0. The number of hydroxylamine groups is 2. The van der Waals surface area contributed by atoms with Crippen LogP contribution in [0.4, 0.5) is 0 Å². The van der Waals surface area contributed by atoms with Crippen LogP contribution in [0.15, 0.2) is 0 Å². The molecule has 0 aromatic carbocycles. The van der Waals surface area contributed by atoms with E-state index in [2.05, 4.69) is 0 Å². The molecule has 20 heavy (non-hydrogen) atoms. The molecule has 0 unspecified atom stereocenters. The molecule has 0 aromatic rings. The Morgan fingerprint density at radius 1 is 1.05 bits per heavy atom. The van der Waals surface area contributed by atoms with Gasteiger partial charge in [-0.2, -0.15) is 5.06 Å². The van der Waals surface area contributed by atoms with E-state index in [9.17, 15) is 19.2 Å². The number of hydrogen-bond donors (Lipinski definition) is 6. The molecule has 0 aromatic heterocycles. The van der Waals surface area contributed by atoms with E-state index < -0.39 is 48.7 Å². The SMILES string of the molecule is CN(O)[C@@H](CC(=O)O)C(N)=O.N[C@@H](CC(=O)O)C(=O)O. The number of carboxylic acids is 3. The number of carbonyl (C=O) groups excluding carboxylic acids is 1. The van der Waals surface area contributed by atoms with Gasteiger partial charge < -0.3 is 32.0 Å². The van der Waals surface area contributed by atoms with Gasteiger partial charge in [-0.15, -0.1) is 0 Å². The van der Waals surface area contributed by atoms with Gasteiger partial charge in [0, 0.05) is 7.05 Å². The zero-order valence-corrected chi connectivity index (χ0v) is 10.6. The normalized spacial score (nSPS) is 12.8. The Bertz CT molecular complexity index is 370. The second-order valence-corrected chi connectivity index (χ2v) is 3.63. The maximum Gasteiger partial charge on any atom is 0.321 e. The Labute approximate surface area is 113 Å². The van der Waals surface area contributed by atoms with E-state index in [-0.39, 0.29) is 0 Å². The monoisotopic (exact) mass is 295 g/mol. The Morgan fingerprint density at radius 3 is 1.55 bits per heavy atom. The van der Waals surface area contributed by atoms with Crippen molar-refractivity contribution in [2.45, 2.75) is 24.9 Å². The fraction of sp³-hybridized carbons (Fsp3) is 0.556. The van der Waals surface area contributed by atoms with Crippen molar-refractivity contribution in [3.8, 4) is 0 Å². The molecule has 8 N–H and O–H groups in total. The van der Waals surface area contributed by atoms with Crippen LogP contribution in [0.25, 0.3) is 0 Å². The van der Waals surface area contributed by atoms with E-state index in [0.29, 0.717) is 5.06 Å².